The Morgan fingerprint density at radius 3 is 2.52 bits per heavy atom. The number of hydrogen-bond donors (Lipinski definition) is 2. The second-order valence-electron chi connectivity index (χ2n) is 6.87. The lowest BCUT2D eigenvalue weighted by atomic mass is 10.0. The number of carbonyl (C=O) groups is 2. The summed E-state index contributed by atoms with van der Waals surface area (Å²) in [6.07, 6.45) is 5.85. The summed E-state index contributed by atoms with van der Waals surface area (Å²) >= 11 is 0. The number of aromatic nitrogens is 3. The summed E-state index contributed by atoms with van der Waals surface area (Å²) in [4.78, 5) is 33.1. The predicted molar refractivity (Wildman–Crippen MR) is 97.3 cm³/mol. The van der Waals surface area contributed by atoms with E-state index in [1.54, 1.807) is 35.1 Å². The van der Waals surface area contributed by atoms with Gasteiger partial charge in [0.15, 0.2) is 0 Å². The molecule has 2 aliphatic rings. The first-order valence-electron chi connectivity index (χ1n) is 9.10. The van der Waals surface area contributed by atoms with Crippen LogP contribution in [0.2, 0.25) is 0 Å². The van der Waals surface area contributed by atoms with E-state index in [-0.39, 0.29) is 23.9 Å². The normalized spacial score (nSPS) is 22.9. The highest BCUT2D eigenvalue weighted by Gasteiger charge is 2.35. The van der Waals surface area contributed by atoms with E-state index in [1.165, 1.54) is 0 Å². The second kappa shape index (κ2) is 7.45. The smallest absolute Gasteiger partial charge is 0.272 e. The number of pyridine rings is 1. The van der Waals surface area contributed by atoms with Gasteiger partial charge in [0, 0.05) is 57.9 Å². The predicted octanol–water partition coefficient (Wildman–Crippen LogP) is -0.293. The molecule has 2 saturated heterocycles. The number of piperazine rings is 1. The minimum atomic E-state index is -0.269. The molecule has 2 N–H and O–H groups in total. The van der Waals surface area contributed by atoms with Crippen molar-refractivity contribution in [1.29, 1.82) is 0 Å². The Labute approximate surface area is 157 Å². The Morgan fingerprint density at radius 1 is 1.07 bits per heavy atom. The van der Waals surface area contributed by atoms with E-state index < -0.39 is 0 Å². The standard InChI is InChI=1S/C18H23N7O2/c1-23-16(4-6-20-23)18(27)25-9-7-24(8-10-25)17(26)15-11-14(21-22-15)13-3-2-5-19-12-13/h2-6,12,14-15,21-22H,7-11H2,1H3. The largest absolute Gasteiger partial charge is 0.338 e. The molecule has 2 amide bonds. The lowest BCUT2D eigenvalue weighted by Crippen LogP contribution is -2.54. The highest BCUT2D eigenvalue weighted by Crippen LogP contribution is 2.22. The number of amides is 2. The van der Waals surface area contributed by atoms with Crippen molar-refractivity contribution in [3.05, 3.63) is 48.0 Å². The fraction of sp³-hybridized carbons (Fsp3) is 0.444. The van der Waals surface area contributed by atoms with E-state index >= 15 is 0 Å². The third-order valence-corrected chi connectivity index (χ3v) is 5.21. The Bertz CT molecular complexity index is 814. The lowest BCUT2D eigenvalue weighted by molar-refractivity contribution is -0.134. The SMILES string of the molecule is Cn1nccc1C(=O)N1CCN(C(=O)C2CC(c3cccnc3)NN2)CC1. The Balaban J connectivity index is 1.31. The fourth-order valence-corrected chi connectivity index (χ4v) is 3.61. The molecule has 27 heavy (non-hydrogen) atoms. The van der Waals surface area contributed by atoms with Gasteiger partial charge in [0.2, 0.25) is 5.91 Å². The van der Waals surface area contributed by atoms with Gasteiger partial charge in [-0.15, -0.1) is 0 Å². The van der Waals surface area contributed by atoms with Gasteiger partial charge in [-0.3, -0.25) is 19.3 Å². The van der Waals surface area contributed by atoms with E-state index in [1.807, 2.05) is 23.2 Å². The van der Waals surface area contributed by atoms with Crippen molar-refractivity contribution in [3.8, 4) is 0 Å². The molecular formula is C18H23N7O2. The Hall–Kier alpha value is -2.78. The van der Waals surface area contributed by atoms with Crippen molar-refractivity contribution in [2.45, 2.75) is 18.5 Å². The van der Waals surface area contributed by atoms with Gasteiger partial charge in [-0.25, -0.2) is 10.9 Å². The molecule has 2 unspecified atom stereocenters. The molecule has 0 radical (unpaired) electrons. The van der Waals surface area contributed by atoms with Gasteiger partial charge in [0.05, 0.1) is 0 Å². The molecule has 0 saturated carbocycles. The van der Waals surface area contributed by atoms with Gasteiger partial charge in [-0.1, -0.05) is 6.07 Å². The van der Waals surface area contributed by atoms with Gasteiger partial charge in [-0.05, 0) is 24.1 Å². The second-order valence-corrected chi connectivity index (χ2v) is 6.87. The summed E-state index contributed by atoms with van der Waals surface area (Å²) in [6.45, 7) is 2.14. The van der Waals surface area contributed by atoms with Gasteiger partial charge < -0.3 is 9.80 Å². The summed E-state index contributed by atoms with van der Waals surface area (Å²) in [7, 11) is 1.75. The summed E-state index contributed by atoms with van der Waals surface area (Å²) in [5.41, 5.74) is 7.92. The zero-order valence-corrected chi connectivity index (χ0v) is 15.2. The minimum Gasteiger partial charge on any atom is -0.338 e. The first-order valence-corrected chi connectivity index (χ1v) is 9.10. The van der Waals surface area contributed by atoms with Crippen molar-refractivity contribution >= 4 is 11.8 Å². The van der Waals surface area contributed by atoms with Crippen LogP contribution in [0.4, 0.5) is 0 Å². The highest BCUT2D eigenvalue weighted by atomic mass is 16.2. The van der Waals surface area contributed by atoms with E-state index in [0.29, 0.717) is 38.3 Å². The van der Waals surface area contributed by atoms with Crippen molar-refractivity contribution < 1.29 is 9.59 Å². The molecule has 2 atom stereocenters. The molecule has 0 bridgehead atoms. The number of hydrogen-bond acceptors (Lipinski definition) is 6. The molecular weight excluding hydrogens is 346 g/mol. The maximum atomic E-state index is 12.8. The third-order valence-electron chi connectivity index (χ3n) is 5.21. The van der Waals surface area contributed by atoms with Gasteiger partial charge in [0.1, 0.15) is 11.7 Å². The molecule has 2 aromatic rings. The first kappa shape index (κ1) is 17.6. The Morgan fingerprint density at radius 2 is 1.85 bits per heavy atom. The van der Waals surface area contributed by atoms with Crippen LogP contribution in [0.5, 0.6) is 0 Å². The monoisotopic (exact) mass is 369 g/mol. The zero-order valence-electron chi connectivity index (χ0n) is 15.2. The summed E-state index contributed by atoms with van der Waals surface area (Å²) in [5, 5.41) is 4.05. The number of aryl methyl sites for hydroxylation is 1. The molecule has 9 heteroatoms. The molecule has 4 heterocycles. The summed E-state index contributed by atoms with van der Waals surface area (Å²) in [6, 6.07) is 5.41. The van der Waals surface area contributed by atoms with Gasteiger partial charge >= 0.3 is 0 Å². The molecule has 4 rings (SSSR count). The molecule has 2 aromatic heterocycles. The van der Waals surface area contributed by atoms with Crippen molar-refractivity contribution in [2.75, 3.05) is 26.2 Å². The van der Waals surface area contributed by atoms with Crippen LogP contribution in [-0.2, 0) is 11.8 Å². The fourth-order valence-electron chi connectivity index (χ4n) is 3.61. The van der Waals surface area contributed by atoms with E-state index in [4.69, 9.17) is 0 Å². The summed E-state index contributed by atoms with van der Waals surface area (Å²) in [5.74, 6) is 0.0286. The number of nitrogens with one attached hydrogen (secondary N) is 2. The summed E-state index contributed by atoms with van der Waals surface area (Å²) < 4.78 is 1.58. The lowest BCUT2D eigenvalue weighted by Gasteiger charge is -2.35. The first-order chi connectivity index (χ1) is 13.1. The average Bonchev–Trinajstić information content (AvgIpc) is 3.37. The van der Waals surface area contributed by atoms with Crippen LogP contribution in [0.1, 0.15) is 28.5 Å². The van der Waals surface area contributed by atoms with Crippen LogP contribution in [0, 0.1) is 0 Å². The van der Waals surface area contributed by atoms with Crippen LogP contribution in [-0.4, -0.2) is 68.6 Å². The van der Waals surface area contributed by atoms with Crippen molar-refractivity contribution in [1.82, 2.24) is 35.4 Å². The average molecular weight is 369 g/mol. The molecule has 0 spiro atoms. The van der Waals surface area contributed by atoms with Crippen LogP contribution >= 0.6 is 0 Å². The zero-order chi connectivity index (χ0) is 18.8. The quantitative estimate of drug-likeness (QED) is 0.772. The van der Waals surface area contributed by atoms with Crippen LogP contribution in [0.3, 0.4) is 0 Å². The van der Waals surface area contributed by atoms with Crippen LogP contribution in [0.25, 0.3) is 0 Å². The van der Waals surface area contributed by atoms with E-state index in [2.05, 4.69) is 20.9 Å². The number of rotatable bonds is 3. The minimum absolute atomic E-state index is 0.0422. The van der Waals surface area contributed by atoms with Crippen molar-refractivity contribution in [2.24, 2.45) is 7.05 Å². The highest BCUT2D eigenvalue weighted by molar-refractivity contribution is 5.92. The molecule has 2 fully saturated rings. The topological polar surface area (TPSA) is 95.4 Å². The third kappa shape index (κ3) is 3.56. The number of hydrazine groups is 1. The van der Waals surface area contributed by atoms with Crippen LogP contribution in [0.15, 0.2) is 36.8 Å². The van der Waals surface area contributed by atoms with Crippen LogP contribution < -0.4 is 10.9 Å². The molecule has 2 aliphatic heterocycles. The number of carbonyl (C=O) groups excluding carboxylic acids is 2. The van der Waals surface area contributed by atoms with Crippen molar-refractivity contribution in [3.63, 3.8) is 0 Å². The molecule has 0 aromatic carbocycles. The molecule has 0 aliphatic carbocycles. The van der Waals surface area contributed by atoms with E-state index in [0.717, 1.165) is 5.56 Å². The maximum absolute atomic E-state index is 12.8. The number of nitrogens with zero attached hydrogens (tertiary/aromatic N) is 5. The van der Waals surface area contributed by atoms with E-state index in [9.17, 15) is 9.59 Å². The molecule has 9 nitrogen and oxygen atoms in total. The van der Waals surface area contributed by atoms with Gasteiger partial charge in [-0.2, -0.15) is 5.10 Å². The molecule has 142 valence electrons. The maximum Gasteiger partial charge on any atom is 0.272 e. The Kier molecular flexibility index (Phi) is 4.87. The van der Waals surface area contributed by atoms with Gasteiger partial charge in [0.25, 0.3) is 5.91 Å².